The van der Waals surface area contributed by atoms with Gasteiger partial charge >= 0.3 is 6.03 Å². The molecule has 2 aliphatic heterocycles. The predicted molar refractivity (Wildman–Crippen MR) is 101 cm³/mol. The third-order valence-corrected chi connectivity index (χ3v) is 6.24. The first kappa shape index (κ1) is 17.7. The van der Waals surface area contributed by atoms with E-state index in [1.165, 1.54) is 12.8 Å². The van der Waals surface area contributed by atoms with Crippen LogP contribution in [0.1, 0.15) is 56.0 Å². The number of hydrogen-bond donors (Lipinski definition) is 0. The molecule has 1 aliphatic carbocycles. The van der Waals surface area contributed by atoms with Crippen LogP contribution < -0.4 is 0 Å². The van der Waals surface area contributed by atoms with E-state index < -0.39 is 0 Å². The molecule has 0 spiro atoms. The van der Waals surface area contributed by atoms with Crippen LogP contribution in [-0.2, 0) is 17.9 Å². The summed E-state index contributed by atoms with van der Waals surface area (Å²) in [6, 6.07) is 9.76. The smallest absolute Gasteiger partial charge is 0.345 e. The first-order valence-corrected chi connectivity index (χ1v) is 10.3. The Morgan fingerprint density at radius 2 is 2.00 bits per heavy atom. The van der Waals surface area contributed by atoms with Gasteiger partial charge in [0.1, 0.15) is 12.6 Å². The molecule has 2 saturated heterocycles. The Morgan fingerprint density at radius 3 is 2.79 bits per heavy atom. The molecule has 1 aromatic carbocycles. The third-order valence-electron chi connectivity index (χ3n) is 6.24. The highest BCUT2D eigenvalue weighted by molar-refractivity contribution is 5.77. The molecule has 3 aliphatic rings. The maximum atomic E-state index is 12.9. The summed E-state index contributed by atoms with van der Waals surface area (Å²) in [6.07, 6.45) is 5.03. The van der Waals surface area contributed by atoms with Crippen molar-refractivity contribution < 1.29 is 14.0 Å². The van der Waals surface area contributed by atoms with E-state index in [4.69, 9.17) is 9.25 Å². The van der Waals surface area contributed by atoms with Gasteiger partial charge < -0.3 is 9.32 Å². The van der Waals surface area contributed by atoms with Crippen LogP contribution in [0.15, 0.2) is 34.7 Å². The lowest BCUT2D eigenvalue weighted by Gasteiger charge is -2.31. The van der Waals surface area contributed by atoms with Crippen molar-refractivity contribution in [3.05, 3.63) is 47.7 Å². The van der Waals surface area contributed by atoms with Gasteiger partial charge in [-0.05, 0) is 43.1 Å². The van der Waals surface area contributed by atoms with E-state index in [0.717, 1.165) is 30.7 Å². The average molecular weight is 382 g/mol. The lowest BCUT2D eigenvalue weighted by atomic mass is 9.74. The molecule has 2 amide bonds. The Hall–Kier alpha value is -2.41. The van der Waals surface area contributed by atoms with Crippen LogP contribution in [0.2, 0.25) is 0 Å². The zero-order chi connectivity index (χ0) is 19.1. The summed E-state index contributed by atoms with van der Waals surface area (Å²) in [4.78, 5) is 20.6. The normalized spacial score (nSPS) is 29.2. The number of fused-ring (bicyclic) bond motifs is 2. The lowest BCUT2D eigenvalue weighted by molar-refractivity contribution is -0.140. The van der Waals surface area contributed by atoms with E-state index in [9.17, 15) is 4.79 Å². The van der Waals surface area contributed by atoms with Gasteiger partial charge in [-0.1, -0.05) is 37.3 Å². The molecule has 0 N–H and O–H groups in total. The number of piperidine rings is 1. The number of carbonyl (C=O) groups excluding carboxylic acids is 1. The highest BCUT2D eigenvalue weighted by Crippen LogP contribution is 2.39. The van der Waals surface area contributed by atoms with Crippen LogP contribution in [0.5, 0.6) is 0 Å². The van der Waals surface area contributed by atoms with E-state index in [2.05, 4.69) is 17.1 Å². The Labute approximate surface area is 164 Å². The van der Waals surface area contributed by atoms with E-state index >= 15 is 0 Å². The van der Waals surface area contributed by atoms with E-state index in [0.29, 0.717) is 30.9 Å². The van der Waals surface area contributed by atoms with Crippen molar-refractivity contribution in [1.29, 1.82) is 0 Å². The van der Waals surface area contributed by atoms with Crippen molar-refractivity contribution >= 4 is 6.03 Å². The van der Waals surface area contributed by atoms with Crippen LogP contribution in [0.3, 0.4) is 0 Å². The van der Waals surface area contributed by atoms with Crippen LogP contribution >= 0.6 is 0 Å². The molecule has 2 bridgehead atoms. The van der Waals surface area contributed by atoms with Gasteiger partial charge in [0, 0.05) is 13.0 Å². The number of nitrogens with zero attached hydrogens (tertiary/aromatic N) is 4. The summed E-state index contributed by atoms with van der Waals surface area (Å²) in [5.74, 6) is 2.75. The van der Waals surface area contributed by atoms with Gasteiger partial charge in [-0.3, -0.25) is 4.84 Å². The van der Waals surface area contributed by atoms with E-state index in [1.807, 2.05) is 35.2 Å². The second-order valence-electron chi connectivity index (χ2n) is 8.45. The maximum absolute atomic E-state index is 12.9. The summed E-state index contributed by atoms with van der Waals surface area (Å²) < 4.78 is 5.95. The van der Waals surface area contributed by atoms with Gasteiger partial charge in [0.15, 0.2) is 0 Å². The molecule has 1 aromatic heterocycles. The summed E-state index contributed by atoms with van der Waals surface area (Å²) >= 11 is 0. The number of hydrogen-bond acceptors (Lipinski definition) is 5. The number of benzene rings is 1. The fourth-order valence-corrected chi connectivity index (χ4v) is 4.74. The van der Waals surface area contributed by atoms with Crippen LogP contribution in [0, 0.1) is 11.8 Å². The molecule has 3 fully saturated rings. The zero-order valence-corrected chi connectivity index (χ0v) is 16.2. The monoisotopic (exact) mass is 382 g/mol. The topological polar surface area (TPSA) is 71.7 Å². The Balaban J connectivity index is 1.23. The minimum Gasteiger partial charge on any atom is -0.423 e. The molecule has 7 nitrogen and oxygen atoms in total. The number of aromatic nitrogens is 2. The Morgan fingerprint density at radius 1 is 1.18 bits per heavy atom. The molecule has 1 saturated carbocycles. The van der Waals surface area contributed by atoms with E-state index in [1.54, 1.807) is 5.06 Å². The Bertz CT molecular complexity index is 833. The van der Waals surface area contributed by atoms with Crippen molar-refractivity contribution in [2.45, 2.75) is 57.7 Å². The second kappa shape index (κ2) is 7.20. The first-order valence-electron chi connectivity index (χ1n) is 10.3. The van der Waals surface area contributed by atoms with Crippen LogP contribution in [-0.4, -0.2) is 38.8 Å². The fraction of sp³-hybridized carbons (Fsp3) is 0.571. The van der Waals surface area contributed by atoms with Gasteiger partial charge in [-0.25, -0.2) is 4.79 Å². The summed E-state index contributed by atoms with van der Waals surface area (Å²) in [6.45, 7) is 3.32. The van der Waals surface area contributed by atoms with Gasteiger partial charge in [0.25, 0.3) is 0 Å². The summed E-state index contributed by atoms with van der Waals surface area (Å²) in [7, 11) is 0. The van der Waals surface area contributed by atoms with Crippen LogP contribution in [0.25, 0.3) is 0 Å². The SMILES string of the molecule is CC1CC(Cc2nnc([C@@H]3CC[C@@H]4CN3C(=O)N4OCc3ccccc3)o2)C1. The Kier molecular flexibility index (Phi) is 4.55. The highest BCUT2D eigenvalue weighted by Gasteiger charge is 2.47. The molecule has 28 heavy (non-hydrogen) atoms. The highest BCUT2D eigenvalue weighted by atomic mass is 16.7. The molecule has 5 rings (SSSR count). The standard InChI is InChI=1S/C21H26N4O3/c1-14-9-16(10-14)11-19-22-23-20(28-19)18-8-7-17-12-24(18)21(26)25(17)27-13-15-5-3-2-4-6-15/h2-6,14,16-18H,7-13H2,1H3/t14?,16?,17-,18+/m1/s1. The average Bonchev–Trinajstić information content (AvgIpc) is 3.24. The van der Waals surface area contributed by atoms with Crippen molar-refractivity contribution in [3.8, 4) is 0 Å². The van der Waals surface area contributed by atoms with Crippen molar-refractivity contribution in [2.75, 3.05) is 6.54 Å². The fourth-order valence-electron chi connectivity index (χ4n) is 4.74. The maximum Gasteiger partial charge on any atom is 0.345 e. The number of urea groups is 1. The van der Waals surface area contributed by atoms with Gasteiger partial charge in [0.05, 0.1) is 6.04 Å². The molecule has 2 atom stereocenters. The summed E-state index contributed by atoms with van der Waals surface area (Å²) in [5.41, 5.74) is 1.05. The molecular weight excluding hydrogens is 356 g/mol. The van der Waals surface area contributed by atoms with Gasteiger partial charge in [-0.2, -0.15) is 5.06 Å². The third kappa shape index (κ3) is 3.28. The van der Waals surface area contributed by atoms with Crippen LogP contribution in [0.4, 0.5) is 4.79 Å². The number of carbonyl (C=O) groups is 1. The predicted octanol–water partition coefficient (Wildman–Crippen LogP) is 3.73. The molecule has 148 valence electrons. The molecule has 3 heterocycles. The van der Waals surface area contributed by atoms with E-state index in [-0.39, 0.29) is 18.1 Å². The largest absolute Gasteiger partial charge is 0.423 e. The lowest BCUT2D eigenvalue weighted by Crippen LogP contribution is -2.34. The second-order valence-corrected chi connectivity index (χ2v) is 8.45. The van der Waals surface area contributed by atoms with Crippen molar-refractivity contribution in [1.82, 2.24) is 20.2 Å². The van der Waals surface area contributed by atoms with Crippen molar-refractivity contribution in [2.24, 2.45) is 11.8 Å². The molecule has 0 unspecified atom stereocenters. The molecule has 0 radical (unpaired) electrons. The number of rotatable bonds is 6. The van der Waals surface area contributed by atoms with Crippen molar-refractivity contribution in [3.63, 3.8) is 0 Å². The van der Waals surface area contributed by atoms with Gasteiger partial charge in [-0.15, -0.1) is 10.2 Å². The minimum absolute atomic E-state index is 0.0892. The summed E-state index contributed by atoms with van der Waals surface area (Å²) in [5, 5.41) is 10.1. The quantitative estimate of drug-likeness (QED) is 0.761. The number of amides is 2. The zero-order valence-electron chi connectivity index (χ0n) is 16.2. The first-order chi connectivity index (χ1) is 13.7. The van der Waals surface area contributed by atoms with Gasteiger partial charge in [0.2, 0.25) is 11.8 Å². The molecule has 2 aromatic rings. The minimum atomic E-state index is -0.143. The molecule has 7 heteroatoms. The number of hydroxylamine groups is 2. The molecular formula is C21H26N4O3.